The van der Waals surface area contributed by atoms with Crippen molar-refractivity contribution in [3.8, 4) is 0 Å². The van der Waals surface area contributed by atoms with Gasteiger partial charge in [0.05, 0.1) is 12.6 Å². The molecule has 32 heavy (non-hydrogen) atoms. The molecule has 0 amide bonds. The van der Waals surface area contributed by atoms with Crippen molar-refractivity contribution in [2.45, 2.75) is 44.3 Å². The van der Waals surface area contributed by atoms with Crippen LogP contribution >= 0.6 is 0 Å². The zero-order chi connectivity index (χ0) is 22.4. The predicted octanol–water partition coefficient (Wildman–Crippen LogP) is 0.742. The van der Waals surface area contributed by atoms with Crippen LogP contribution in [0.5, 0.6) is 0 Å². The van der Waals surface area contributed by atoms with E-state index in [0.717, 1.165) is 32.2 Å². The van der Waals surface area contributed by atoms with Crippen molar-refractivity contribution in [1.82, 2.24) is 18.7 Å². The number of aliphatic imine (C=N–C) groups is 2. The highest BCUT2D eigenvalue weighted by molar-refractivity contribution is 5.92. The van der Waals surface area contributed by atoms with Crippen LogP contribution in [0.2, 0.25) is 0 Å². The summed E-state index contributed by atoms with van der Waals surface area (Å²) < 4.78 is 4.26. The second kappa shape index (κ2) is 8.01. The summed E-state index contributed by atoms with van der Waals surface area (Å²) in [6.07, 6.45) is 11.4. The van der Waals surface area contributed by atoms with Gasteiger partial charge in [-0.05, 0) is 25.7 Å². The van der Waals surface area contributed by atoms with E-state index in [4.69, 9.17) is 10.7 Å². The topological polar surface area (TPSA) is 116 Å². The lowest BCUT2D eigenvalue weighted by atomic mass is 9.90. The summed E-state index contributed by atoms with van der Waals surface area (Å²) in [5.74, 6) is 1.36. The van der Waals surface area contributed by atoms with Gasteiger partial charge in [-0.3, -0.25) is 23.5 Å². The third kappa shape index (κ3) is 3.35. The number of aryl methyl sites for hydroxylation is 1. The summed E-state index contributed by atoms with van der Waals surface area (Å²) in [4.78, 5) is 42.4. The molecule has 1 saturated heterocycles. The summed E-state index contributed by atoms with van der Waals surface area (Å²) >= 11 is 0. The molecule has 168 valence electrons. The molecule has 3 aliphatic rings. The average Bonchev–Trinajstić information content (AvgIpc) is 3.20. The smallest absolute Gasteiger partial charge is 0.332 e. The third-order valence-electron chi connectivity index (χ3n) is 6.56. The quantitative estimate of drug-likeness (QED) is 0.710. The van der Waals surface area contributed by atoms with Crippen molar-refractivity contribution in [1.29, 1.82) is 0 Å². The highest BCUT2D eigenvalue weighted by atomic mass is 16.2. The Morgan fingerprint density at radius 3 is 2.88 bits per heavy atom. The molecule has 1 fully saturated rings. The van der Waals surface area contributed by atoms with E-state index < -0.39 is 11.2 Å². The molecule has 0 saturated carbocycles. The van der Waals surface area contributed by atoms with Gasteiger partial charge in [-0.2, -0.15) is 4.98 Å². The molecule has 1 aliphatic carbocycles. The van der Waals surface area contributed by atoms with Crippen LogP contribution in [0.1, 0.15) is 25.7 Å². The Morgan fingerprint density at radius 1 is 1.28 bits per heavy atom. The first-order chi connectivity index (χ1) is 15.5. The first-order valence-corrected chi connectivity index (χ1v) is 11.1. The number of anilines is 1. The minimum atomic E-state index is -0.443. The number of amidine groups is 1. The lowest BCUT2D eigenvalue weighted by molar-refractivity contribution is 0.499. The predicted molar refractivity (Wildman–Crippen MR) is 127 cm³/mol. The minimum absolute atomic E-state index is 0.0249. The monoisotopic (exact) mass is 436 g/mol. The van der Waals surface area contributed by atoms with Crippen LogP contribution in [0.15, 0.2) is 38.3 Å². The number of hydrogen-bond acceptors (Lipinski definition) is 7. The zero-order valence-corrected chi connectivity index (χ0v) is 18.2. The van der Waals surface area contributed by atoms with E-state index in [1.54, 1.807) is 17.8 Å². The number of rotatable bonds is 4. The number of imidazole rings is 1. The summed E-state index contributed by atoms with van der Waals surface area (Å²) in [5.41, 5.74) is 5.93. The molecule has 4 heterocycles. The first kappa shape index (κ1) is 20.6. The van der Waals surface area contributed by atoms with E-state index in [1.165, 1.54) is 9.13 Å². The van der Waals surface area contributed by atoms with Crippen molar-refractivity contribution < 1.29 is 0 Å². The number of fused-ring (bicyclic) bond motifs is 2. The number of nitrogens with two attached hydrogens (primary N) is 1. The average molecular weight is 437 g/mol. The van der Waals surface area contributed by atoms with Crippen molar-refractivity contribution in [3.05, 3.63) is 39.6 Å². The van der Waals surface area contributed by atoms with Crippen LogP contribution in [0, 0.1) is 5.92 Å². The van der Waals surface area contributed by atoms with Crippen LogP contribution in [0.4, 0.5) is 5.95 Å². The summed E-state index contributed by atoms with van der Waals surface area (Å²) in [6.45, 7) is 5.34. The van der Waals surface area contributed by atoms with Crippen LogP contribution < -0.4 is 21.9 Å². The maximum atomic E-state index is 13.5. The fourth-order valence-electron chi connectivity index (χ4n) is 4.81. The van der Waals surface area contributed by atoms with Crippen molar-refractivity contribution in [2.24, 2.45) is 28.7 Å². The largest absolute Gasteiger partial charge is 0.340 e. The van der Waals surface area contributed by atoms with Gasteiger partial charge >= 0.3 is 5.69 Å². The van der Waals surface area contributed by atoms with E-state index in [2.05, 4.69) is 33.6 Å². The number of aromatic nitrogens is 4. The Balaban J connectivity index is 1.59. The lowest BCUT2D eigenvalue weighted by Gasteiger charge is -2.31. The Bertz CT molecular complexity index is 1280. The zero-order valence-electron chi connectivity index (χ0n) is 18.2. The Hall–Kier alpha value is -3.27. The number of hydrogen-bond donors (Lipinski definition) is 1. The molecule has 2 N–H and O–H groups in total. The third-order valence-corrected chi connectivity index (χ3v) is 6.56. The fourth-order valence-corrected chi connectivity index (χ4v) is 4.81. The number of piperidine rings is 1. The Kier molecular flexibility index (Phi) is 5.16. The van der Waals surface area contributed by atoms with E-state index >= 15 is 0 Å². The van der Waals surface area contributed by atoms with Gasteiger partial charge in [-0.25, -0.2) is 9.79 Å². The molecule has 2 aromatic rings. The molecule has 2 unspecified atom stereocenters. The van der Waals surface area contributed by atoms with Gasteiger partial charge in [-0.15, -0.1) is 0 Å². The van der Waals surface area contributed by atoms with Crippen LogP contribution in [0.25, 0.3) is 17.4 Å². The number of nitrogens with zero attached hydrogens (tertiary/aromatic N) is 7. The lowest BCUT2D eigenvalue weighted by Crippen LogP contribution is -2.43. The molecule has 5 rings (SSSR count). The molecule has 10 heteroatoms. The van der Waals surface area contributed by atoms with Gasteiger partial charge in [0.15, 0.2) is 11.2 Å². The molecule has 0 bridgehead atoms. The van der Waals surface area contributed by atoms with Gasteiger partial charge in [0.1, 0.15) is 5.84 Å². The fraction of sp³-hybridized carbons (Fsp3) is 0.500. The van der Waals surface area contributed by atoms with Crippen LogP contribution in [-0.2, 0) is 13.6 Å². The molecule has 2 aliphatic heterocycles. The second-order valence-corrected chi connectivity index (χ2v) is 8.72. The minimum Gasteiger partial charge on any atom is -0.340 e. The summed E-state index contributed by atoms with van der Waals surface area (Å²) in [7, 11) is 1.63. The van der Waals surface area contributed by atoms with Gasteiger partial charge in [0.2, 0.25) is 5.95 Å². The highest BCUT2D eigenvalue weighted by Gasteiger charge is 2.27. The molecular weight excluding hydrogens is 408 g/mol. The number of allylic oxidation sites excluding steroid dienone is 1. The van der Waals surface area contributed by atoms with E-state index in [9.17, 15) is 9.59 Å². The van der Waals surface area contributed by atoms with Crippen molar-refractivity contribution in [2.75, 3.05) is 18.0 Å². The molecule has 0 radical (unpaired) electrons. The molecule has 10 nitrogen and oxygen atoms in total. The van der Waals surface area contributed by atoms with E-state index in [0.29, 0.717) is 29.5 Å². The normalized spacial score (nSPS) is 25.1. The standard InChI is InChI=1S/C22H28N8O2/c1-3-29-18-19(26-21(29)28-10-6-8-15(23)12-28)27(2)22(32)30(20(18)31)13-17-24-11-14-7-4-5-9-16(14)25-17/h3-5,11,14-16H,1,6-10,12-13,23H2,2H3/t14?,15-,16?/m1/s1. The molecule has 0 aromatic carbocycles. The summed E-state index contributed by atoms with van der Waals surface area (Å²) in [6, 6.07) is 0.160. The molecular formula is C22H28N8O2. The highest BCUT2D eigenvalue weighted by Crippen LogP contribution is 2.24. The van der Waals surface area contributed by atoms with Crippen molar-refractivity contribution >= 4 is 35.4 Å². The Labute approximate surface area is 185 Å². The molecule has 3 atom stereocenters. The van der Waals surface area contributed by atoms with Crippen LogP contribution in [0.3, 0.4) is 0 Å². The van der Waals surface area contributed by atoms with Gasteiger partial charge in [0.25, 0.3) is 5.56 Å². The van der Waals surface area contributed by atoms with Gasteiger partial charge < -0.3 is 10.6 Å². The Morgan fingerprint density at radius 2 is 2.09 bits per heavy atom. The SMILES string of the molecule is C=Cn1c(N2CCC[C@@H](N)C2)nc2c1c(=O)n(CC1=NC3CC=CCC3C=N1)c(=O)n2C. The van der Waals surface area contributed by atoms with E-state index in [-0.39, 0.29) is 24.5 Å². The summed E-state index contributed by atoms with van der Waals surface area (Å²) in [5, 5.41) is 0. The van der Waals surface area contributed by atoms with Gasteiger partial charge in [-0.1, -0.05) is 18.7 Å². The van der Waals surface area contributed by atoms with Gasteiger partial charge in [0, 0.05) is 44.5 Å². The second-order valence-electron chi connectivity index (χ2n) is 8.72. The maximum Gasteiger partial charge on any atom is 0.332 e. The van der Waals surface area contributed by atoms with Crippen LogP contribution in [-0.4, -0.2) is 55.9 Å². The van der Waals surface area contributed by atoms with Crippen molar-refractivity contribution in [3.63, 3.8) is 0 Å². The van der Waals surface area contributed by atoms with E-state index in [1.807, 2.05) is 6.21 Å². The molecule has 0 spiro atoms. The molecule has 2 aromatic heterocycles. The first-order valence-electron chi connectivity index (χ1n) is 11.1. The maximum absolute atomic E-state index is 13.5.